The average Bonchev–Trinajstić information content (AvgIpc) is 2.41. The van der Waals surface area contributed by atoms with Crippen molar-refractivity contribution in [3.63, 3.8) is 0 Å². The number of aromatic nitrogens is 1. The van der Waals surface area contributed by atoms with E-state index in [2.05, 4.69) is 31.1 Å². The Labute approximate surface area is 131 Å². The maximum absolute atomic E-state index is 6.29. The lowest BCUT2D eigenvalue weighted by Crippen LogP contribution is -2.35. The van der Waals surface area contributed by atoms with Gasteiger partial charge in [0.25, 0.3) is 0 Å². The van der Waals surface area contributed by atoms with Crippen molar-refractivity contribution >= 4 is 11.6 Å². The van der Waals surface area contributed by atoms with Gasteiger partial charge in [-0.2, -0.15) is 0 Å². The van der Waals surface area contributed by atoms with E-state index >= 15 is 0 Å². The molecule has 0 atom stereocenters. The molecule has 0 aliphatic carbocycles. The number of hydrogen-bond donors (Lipinski definition) is 1. The molecule has 0 spiro atoms. The number of para-hydroxylation sites is 1. The quantitative estimate of drug-likeness (QED) is 0.887. The van der Waals surface area contributed by atoms with E-state index < -0.39 is 0 Å². The summed E-state index contributed by atoms with van der Waals surface area (Å²) in [6.45, 7) is 9.02. The van der Waals surface area contributed by atoms with E-state index in [4.69, 9.17) is 16.3 Å². The van der Waals surface area contributed by atoms with Crippen LogP contribution in [0.25, 0.3) is 0 Å². The van der Waals surface area contributed by atoms with Crippen molar-refractivity contribution in [2.75, 3.05) is 0 Å². The molecule has 0 radical (unpaired) electrons. The molecule has 1 aromatic heterocycles. The Balaban J connectivity index is 2.23. The number of halogens is 1. The standard InChI is InChI=1S/C17H21ClN2O/c1-12-8-9-14(11-19-12)21-16-13(6-5-7-15(16)18)10-20-17(2,3)4/h5-9,11,20H,10H2,1-4H3. The lowest BCUT2D eigenvalue weighted by atomic mass is 10.1. The van der Waals surface area contributed by atoms with Gasteiger partial charge in [0.2, 0.25) is 0 Å². The molecule has 0 unspecified atom stereocenters. The highest BCUT2D eigenvalue weighted by atomic mass is 35.5. The third-order valence-electron chi connectivity index (χ3n) is 2.96. The van der Waals surface area contributed by atoms with Crippen molar-refractivity contribution in [2.45, 2.75) is 39.8 Å². The minimum Gasteiger partial charge on any atom is -0.454 e. The second-order valence-electron chi connectivity index (χ2n) is 6.07. The predicted molar refractivity (Wildman–Crippen MR) is 87.1 cm³/mol. The summed E-state index contributed by atoms with van der Waals surface area (Å²) in [7, 11) is 0. The maximum atomic E-state index is 6.29. The number of nitrogens with one attached hydrogen (secondary N) is 1. The van der Waals surface area contributed by atoms with Gasteiger partial charge in [-0.1, -0.05) is 23.7 Å². The first-order chi connectivity index (χ1) is 9.85. The summed E-state index contributed by atoms with van der Waals surface area (Å²) in [4.78, 5) is 4.24. The number of pyridine rings is 1. The van der Waals surface area contributed by atoms with Gasteiger partial charge in [0.1, 0.15) is 5.75 Å². The fourth-order valence-electron chi connectivity index (χ4n) is 1.80. The number of rotatable bonds is 4. The van der Waals surface area contributed by atoms with Crippen LogP contribution in [0.3, 0.4) is 0 Å². The van der Waals surface area contributed by atoms with Gasteiger partial charge in [0, 0.05) is 23.3 Å². The van der Waals surface area contributed by atoms with Crippen LogP contribution >= 0.6 is 11.6 Å². The van der Waals surface area contributed by atoms with Gasteiger partial charge < -0.3 is 10.1 Å². The summed E-state index contributed by atoms with van der Waals surface area (Å²) in [6, 6.07) is 9.59. The Morgan fingerprint density at radius 1 is 1.19 bits per heavy atom. The molecule has 2 rings (SSSR count). The second kappa shape index (κ2) is 6.46. The molecule has 2 aromatic rings. The number of hydrogen-bond acceptors (Lipinski definition) is 3. The minimum atomic E-state index is 0.0327. The fourth-order valence-corrected chi connectivity index (χ4v) is 2.03. The number of ether oxygens (including phenoxy) is 1. The Morgan fingerprint density at radius 2 is 1.95 bits per heavy atom. The van der Waals surface area contributed by atoms with Crippen LogP contribution in [0.1, 0.15) is 32.0 Å². The molecule has 0 aliphatic heterocycles. The molecule has 21 heavy (non-hydrogen) atoms. The first-order valence-corrected chi connectivity index (χ1v) is 7.36. The van der Waals surface area contributed by atoms with E-state index in [0.717, 1.165) is 11.3 Å². The molecule has 0 saturated heterocycles. The van der Waals surface area contributed by atoms with Crippen molar-refractivity contribution in [3.8, 4) is 11.5 Å². The summed E-state index contributed by atoms with van der Waals surface area (Å²) >= 11 is 6.29. The molecule has 3 nitrogen and oxygen atoms in total. The molecule has 0 saturated carbocycles. The van der Waals surface area contributed by atoms with Crippen LogP contribution in [0.4, 0.5) is 0 Å². The highest BCUT2D eigenvalue weighted by Gasteiger charge is 2.13. The van der Waals surface area contributed by atoms with Crippen LogP contribution in [0.5, 0.6) is 11.5 Å². The van der Waals surface area contributed by atoms with Gasteiger partial charge in [-0.25, -0.2) is 0 Å². The van der Waals surface area contributed by atoms with Crippen LogP contribution in [0.15, 0.2) is 36.5 Å². The SMILES string of the molecule is Cc1ccc(Oc2c(Cl)cccc2CNC(C)(C)C)cn1. The molecule has 0 amide bonds. The zero-order valence-corrected chi connectivity index (χ0v) is 13.7. The normalized spacial score (nSPS) is 11.5. The maximum Gasteiger partial charge on any atom is 0.150 e. The van der Waals surface area contributed by atoms with Crippen LogP contribution in [0.2, 0.25) is 5.02 Å². The third-order valence-corrected chi connectivity index (χ3v) is 3.26. The monoisotopic (exact) mass is 304 g/mol. The van der Waals surface area contributed by atoms with Crippen LogP contribution in [-0.4, -0.2) is 10.5 Å². The highest BCUT2D eigenvalue weighted by molar-refractivity contribution is 6.32. The van der Waals surface area contributed by atoms with Gasteiger partial charge in [-0.3, -0.25) is 4.98 Å². The predicted octanol–water partition coefficient (Wildman–Crippen LogP) is 4.72. The largest absolute Gasteiger partial charge is 0.454 e. The smallest absolute Gasteiger partial charge is 0.150 e. The van der Waals surface area contributed by atoms with Crippen molar-refractivity contribution in [2.24, 2.45) is 0 Å². The molecule has 0 aliphatic rings. The van der Waals surface area contributed by atoms with E-state index in [1.807, 2.05) is 37.3 Å². The van der Waals surface area contributed by atoms with Crippen LogP contribution in [-0.2, 0) is 6.54 Å². The molecular weight excluding hydrogens is 284 g/mol. The van der Waals surface area contributed by atoms with Crippen molar-refractivity contribution < 1.29 is 4.74 Å². The van der Waals surface area contributed by atoms with E-state index in [0.29, 0.717) is 23.1 Å². The van der Waals surface area contributed by atoms with Crippen molar-refractivity contribution in [1.82, 2.24) is 10.3 Å². The number of aryl methyl sites for hydroxylation is 1. The van der Waals surface area contributed by atoms with Gasteiger partial charge >= 0.3 is 0 Å². The summed E-state index contributed by atoms with van der Waals surface area (Å²) in [5.74, 6) is 1.37. The first-order valence-electron chi connectivity index (χ1n) is 6.98. The molecule has 112 valence electrons. The second-order valence-corrected chi connectivity index (χ2v) is 6.48. The molecular formula is C17H21ClN2O. The summed E-state index contributed by atoms with van der Waals surface area (Å²) < 4.78 is 5.93. The van der Waals surface area contributed by atoms with Gasteiger partial charge in [-0.15, -0.1) is 0 Å². The number of benzene rings is 1. The van der Waals surface area contributed by atoms with Crippen LogP contribution in [0, 0.1) is 6.92 Å². The summed E-state index contributed by atoms with van der Waals surface area (Å²) in [5.41, 5.74) is 2.01. The molecule has 0 fully saturated rings. The van der Waals surface area contributed by atoms with E-state index in [9.17, 15) is 0 Å². The zero-order valence-electron chi connectivity index (χ0n) is 12.9. The Bertz CT molecular complexity index is 603. The van der Waals surface area contributed by atoms with E-state index in [1.54, 1.807) is 6.20 Å². The van der Waals surface area contributed by atoms with E-state index in [-0.39, 0.29) is 5.54 Å². The number of nitrogens with zero attached hydrogens (tertiary/aromatic N) is 1. The molecule has 4 heteroatoms. The lowest BCUT2D eigenvalue weighted by Gasteiger charge is -2.22. The van der Waals surface area contributed by atoms with Gasteiger partial charge in [0.05, 0.1) is 11.2 Å². The summed E-state index contributed by atoms with van der Waals surface area (Å²) in [5, 5.41) is 4.05. The lowest BCUT2D eigenvalue weighted by molar-refractivity contribution is 0.414. The molecule has 1 N–H and O–H groups in total. The summed E-state index contributed by atoms with van der Waals surface area (Å²) in [6.07, 6.45) is 1.71. The van der Waals surface area contributed by atoms with Crippen molar-refractivity contribution in [3.05, 3.63) is 52.8 Å². The van der Waals surface area contributed by atoms with E-state index in [1.165, 1.54) is 0 Å². The molecule has 1 aromatic carbocycles. The Hall–Kier alpha value is -1.58. The molecule has 1 heterocycles. The first kappa shape index (κ1) is 15.8. The van der Waals surface area contributed by atoms with Gasteiger partial charge in [-0.05, 0) is 45.9 Å². The van der Waals surface area contributed by atoms with Crippen molar-refractivity contribution in [1.29, 1.82) is 0 Å². The Kier molecular flexibility index (Phi) is 4.86. The molecule has 0 bridgehead atoms. The van der Waals surface area contributed by atoms with Crippen LogP contribution < -0.4 is 10.1 Å². The fraction of sp³-hybridized carbons (Fsp3) is 0.353. The van der Waals surface area contributed by atoms with Gasteiger partial charge in [0.15, 0.2) is 5.75 Å². The highest BCUT2D eigenvalue weighted by Crippen LogP contribution is 2.33. The Morgan fingerprint density at radius 3 is 2.57 bits per heavy atom. The third kappa shape index (κ3) is 4.73. The zero-order chi connectivity index (χ0) is 15.5. The average molecular weight is 305 g/mol. The minimum absolute atomic E-state index is 0.0327. The topological polar surface area (TPSA) is 34.1 Å².